The van der Waals surface area contributed by atoms with Gasteiger partial charge in [0.05, 0.1) is 11.1 Å². The number of rotatable bonds is 12. The van der Waals surface area contributed by atoms with Gasteiger partial charge in [0.15, 0.2) is 37.7 Å². The minimum atomic E-state index is -1.11. The number of hydrogen-bond donors (Lipinski definition) is 1. The molecule has 13 heteroatoms. The summed E-state index contributed by atoms with van der Waals surface area (Å²) in [5, 5.41) is 9.05. The highest BCUT2D eigenvalue weighted by Gasteiger charge is 2.25. The summed E-state index contributed by atoms with van der Waals surface area (Å²) in [5.41, 5.74) is 2.38. The SMILES string of the molecule is C=CC(=O)OC(=O)c1cccc(CCO)c1C(=O)OC(=O)C=C.O=Cc1ccccc1C=O.O=Cc1ccccc1C=O.O=Cc1ccccc1C=O. The van der Waals surface area contributed by atoms with E-state index in [2.05, 4.69) is 22.6 Å². The monoisotopic (exact) mass is 720 g/mol. The van der Waals surface area contributed by atoms with Crippen LogP contribution in [0.15, 0.2) is 116 Å². The van der Waals surface area contributed by atoms with E-state index in [1.807, 2.05) is 0 Å². The molecular formula is C40H32O13. The highest BCUT2D eigenvalue weighted by Crippen LogP contribution is 2.19. The highest BCUT2D eigenvalue weighted by molar-refractivity contribution is 6.10. The molecule has 1 N–H and O–H groups in total. The molecule has 0 saturated carbocycles. The summed E-state index contributed by atoms with van der Waals surface area (Å²) in [7, 11) is 0. The van der Waals surface area contributed by atoms with Crippen LogP contribution in [0.1, 0.15) is 88.4 Å². The quantitative estimate of drug-likeness (QED) is 0.0895. The Morgan fingerprint density at radius 1 is 0.491 bits per heavy atom. The second-order valence-electron chi connectivity index (χ2n) is 9.73. The summed E-state index contributed by atoms with van der Waals surface area (Å²) in [5.74, 6) is -4.22. The van der Waals surface area contributed by atoms with Crippen molar-refractivity contribution >= 4 is 61.6 Å². The maximum Gasteiger partial charge on any atom is 0.347 e. The van der Waals surface area contributed by atoms with Gasteiger partial charge in [-0.05, 0) is 18.1 Å². The molecule has 0 atom stereocenters. The highest BCUT2D eigenvalue weighted by atomic mass is 16.6. The lowest BCUT2D eigenvalue weighted by Gasteiger charge is -2.11. The summed E-state index contributed by atoms with van der Waals surface area (Å²) in [6.07, 6.45) is 5.62. The van der Waals surface area contributed by atoms with E-state index in [4.69, 9.17) is 5.11 Å². The molecular weight excluding hydrogens is 688 g/mol. The molecule has 0 fully saturated rings. The first-order valence-electron chi connectivity index (χ1n) is 15.1. The van der Waals surface area contributed by atoms with Gasteiger partial charge in [-0.3, -0.25) is 28.8 Å². The van der Waals surface area contributed by atoms with Crippen LogP contribution in [0.5, 0.6) is 0 Å². The van der Waals surface area contributed by atoms with Crippen LogP contribution >= 0.6 is 0 Å². The maximum atomic E-state index is 12.1. The average molecular weight is 721 g/mol. The van der Waals surface area contributed by atoms with Crippen LogP contribution in [0.4, 0.5) is 0 Å². The van der Waals surface area contributed by atoms with Crippen LogP contribution in [-0.2, 0) is 25.5 Å². The van der Waals surface area contributed by atoms with Crippen LogP contribution in [0.2, 0.25) is 0 Å². The Bertz CT molecular complexity index is 1760. The second kappa shape index (κ2) is 24.7. The fraction of sp³-hybridized carbons (Fsp3) is 0.0500. The van der Waals surface area contributed by atoms with Gasteiger partial charge in [0.25, 0.3) is 0 Å². The lowest BCUT2D eigenvalue weighted by molar-refractivity contribution is -0.133. The molecule has 0 aromatic heterocycles. The van der Waals surface area contributed by atoms with Crippen molar-refractivity contribution in [3.63, 3.8) is 0 Å². The minimum absolute atomic E-state index is 0.0310. The summed E-state index contributed by atoms with van der Waals surface area (Å²) in [4.78, 5) is 108. The Labute approximate surface area is 303 Å². The predicted molar refractivity (Wildman–Crippen MR) is 190 cm³/mol. The molecule has 270 valence electrons. The number of aliphatic hydroxyl groups is 1. The first-order valence-corrected chi connectivity index (χ1v) is 15.1. The number of aldehydes is 6. The summed E-state index contributed by atoms with van der Waals surface area (Å²) >= 11 is 0. The zero-order valence-electron chi connectivity index (χ0n) is 28.0. The van der Waals surface area contributed by atoms with Crippen molar-refractivity contribution in [3.05, 3.63) is 166 Å². The van der Waals surface area contributed by atoms with Gasteiger partial charge in [-0.15, -0.1) is 0 Å². The van der Waals surface area contributed by atoms with Crippen molar-refractivity contribution in [2.24, 2.45) is 0 Å². The standard InChI is InChI=1S/C16H14O7.3C8H6O2/c1-3-12(18)22-15(20)11-7-5-6-10(8-9-17)14(11)16(21)23-13(19)4-2;3*9-5-7-3-1-2-4-8(7)6-10/h3-7,17H,1-2,8-9H2;3*1-6H. The molecule has 4 aromatic rings. The molecule has 0 heterocycles. The molecule has 0 radical (unpaired) electrons. The van der Waals surface area contributed by atoms with E-state index < -0.39 is 23.9 Å². The number of carbonyl (C=O) groups excluding carboxylic acids is 10. The van der Waals surface area contributed by atoms with Gasteiger partial charge in [0.1, 0.15) is 0 Å². The number of esters is 4. The van der Waals surface area contributed by atoms with Crippen molar-refractivity contribution in [3.8, 4) is 0 Å². The van der Waals surface area contributed by atoms with Gasteiger partial charge in [0.2, 0.25) is 0 Å². The minimum Gasteiger partial charge on any atom is -0.396 e. The Morgan fingerprint density at radius 3 is 1.09 bits per heavy atom. The Morgan fingerprint density at radius 2 is 0.811 bits per heavy atom. The van der Waals surface area contributed by atoms with E-state index >= 15 is 0 Å². The molecule has 0 aliphatic rings. The number of hydrogen-bond acceptors (Lipinski definition) is 13. The fourth-order valence-electron chi connectivity index (χ4n) is 3.89. The van der Waals surface area contributed by atoms with Crippen LogP contribution in [-0.4, -0.2) is 73.3 Å². The number of ether oxygens (including phenoxy) is 2. The molecule has 0 spiro atoms. The van der Waals surface area contributed by atoms with Crippen LogP contribution in [0.3, 0.4) is 0 Å². The van der Waals surface area contributed by atoms with E-state index in [1.165, 1.54) is 18.2 Å². The topological polar surface area (TPSA) is 209 Å². The first kappa shape index (κ1) is 43.6. The Hall–Kier alpha value is -7.38. The lowest BCUT2D eigenvalue weighted by Crippen LogP contribution is -2.20. The molecule has 53 heavy (non-hydrogen) atoms. The smallest absolute Gasteiger partial charge is 0.347 e. The van der Waals surface area contributed by atoms with Gasteiger partial charge in [0, 0.05) is 52.1 Å². The van der Waals surface area contributed by atoms with E-state index in [9.17, 15) is 47.9 Å². The first-order chi connectivity index (χ1) is 25.6. The van der Waals surface area contributed by atoms with Crippen LogP contribution < -0.4 is 0 Å². The summed E-state index contributed by atoms with van der Waals surface area (Å²) in [6.45, 7) is 6.01. The Balaban J connectivity index is 0.000000388. The lowest BCUT2D eigenvalue weighted by atomic mass is 9.99. The fourth-order valence-corrected chi connectivity index (χ4v) is 3.89. The molecule has 0 bridgehead atoms. The summed E-state index contributed by atoms with van der Waals surface area (Å²) < 4.78 is 8.97. The van der Waals surface area contributed by atoms with Gasteiger partial charge in [-0.1, -0.05) is 98.1 Å². The number of aliphatic hydroxyl groups excluding tert-OH is 1. The molecule has 4 aromatic carbocycles. The van der Waals surface area contributed by atoms with Gasteiger partial charge in [-0.25, -0.2) is 19.2 Å². The zero-order valence-corrected chi connectivity index (χ0v) is 28.0. The molecule has 0 amide bonds. The predicted octanol–water partition coefficient (Wildman–Crippen LogP) is 4.90. The normalized spacial score (nSPS) is 9.15. The van der Waals surface area contributed by atoms with Gasteiger partial charge >= 0.3 is 23.9 Å². The van der Waals surface area contributed by atoms with E-state index in [1.54, 1.807) is 72.8 Å². The van der Waals surface area contributed by atoms with E-state index in [0.717, 1.165) is 12.2 Å². The average Bonchev–Trinajstić information content (AvgIpc) is 3.21. The third-order valence-electron chi connectivity index (χ3n) is 6.43. The zero-order chi connectivity index (χ0) is 39.6. The molecule has 0 aliphatic heterocycles. The Kier molecular flexibility index (Phi) is 20.3. The van der Waals surface area contributed by atoms with Crippen molar-refractivity contribution in [1.29, 1.82) is 0 Å². The van der Waals surface area contributed by atoms with Crippen molar-refractivity contribution in [1.82, 2.24) is 0 Å². The molecule has 4 rings (SSSR count). The third kappa shape index (κ3) is 14.6. The maximum absolute atomic E-state index is 12.1. The third-order valence-corrected chi connectivity index (χ3v) is 6.43. The van der Waals surface area contributed by atoms with Crippen molar-refractivity contribution in [2.45, 2.75) is 6.42 Å². The van der Waals surface area contributed by atoms with Gasteiger partial charge < -0.3 is 14.6 Å². The molecule has 0 unspecified atom stereocenters. The summed E-state index contributed by atoms with van der Waals surface area (Å²) in [6, 6.07) is 24.1. The van der Waals surface area contributed by atoms with Crippen LogP contribution in [0.25, 0.3) is 0 Å². The number of carbonyl (C=O) groups is 10. The van der Waals surface area contributed by atoms with Crippen molar-refractivity contribution < 1.29 is 62.5 Å². The molecule has 0 saturated heterocycles. The van der Waals surface area contributed by atoms with Gasteiger partial charge in [-0.2, -0.15) is 0 Å². The van der Waals surface area contributed by atoms with E-state index in [-0.39, 0.29) is 29.7 Å². The van der Waals surface area contributed by atoms with Crippen LogP contribution in [0, 0.1) is 0 Å². The molecule has 13 nitrogen and oxygen atoms in total. The number of benzene rings is 4. The second-order valence-corrected chi connectivity index (χ2v) is 9.73. The largest absolute Gasteiger partial charge is 0.396 e. The van der Waals surface area contributed by atoms with E-state index in [0.29, 0.717) is 71.1 Å². The molecule has 0 aliphatic carbocycles. The van der Waals surface area contributed by atoms with Crippen molar-refractivity contribution in [2.75, 3.05) is 6.61 Å².